The molecule has 2 rings (SSSR count). The third-order valence-electron chi connectivity index (χ3n) is 1.86. The van der Waals surface area contributed by atoms with E-state index in [2.05, 4.69) is 21.1 Å². The highest BCUT2D eigenvalue weighted by Gasteiger charge is 2.18. The maximum Gasteiger partial charge on any atom is 0.139 e. The lowest BCUT2D eigenvalue weighted by atomic mass is 9.99. The quantitative estimate of drug-likeness (QED) is 0.600. The van der Waals surface area contributed by atoms with Crippen LogP contribution in [0.5, 0.6) is 0 Å². The molecule has 10 heavy (non-hydrogen) atoms. The molecule has 0 spiro atoms. The molecule has 54 valence electrons. The summed E-state index contributed by atoms with van der Waals surface area (Å²) in [5.74, 6) is 1.08. The molecule has 0 N–H and O–H groups in total. The van der Waals surface area contributed by atoms with Crippen molar-refractivity contribution < 1.29 is 4.52 Å². The van der Waals surface area contributed by atoms with Crippen LogP contribution in [0.2, 0.25) is 0 Å². The molecule has 0 aromatic carbocycles. The van der Waals surface area contributed by atoms with E-state index in [4.69, 9.17) is 4.52 Å². The number of hydrogen-bond donors (Lipinski definition) is 0. The van der Waals surface area contributed by atoms with Gasteiger partial charge in [-0.15, -0.1) is 0 Å². The van der Waals surface area contributed by atoms with Crippen LogP contribution in [0.15, 0.2) is 10.7 Å². The van der Waals surface area contributed by atoms with Crippen LogP contribution in [-0.4, -0.2) is 9.98 Å². The van der Waals surface area contributed by atoms with E-state index in [1.54, 1.807) is 0 Å². The first-order valence-electron chi connectivity index (χ1n) is 3.43. The zero-order chi connectivity index (χ0) is 6.97. The van der Waals surface area contributed by atoms with Crippen LogP contribution >= 0.6 is 15.9 Å². The van der Waals surface area contributed by atoms with Crippen molar-refractivity contribution in [2.24, 2.45) is 0 Å². The van der Waals surface area contributed by atoms with Gasteiger partial charge < -0.3 is 4.52 Å². The molecule has 0 amide bonds. The number of rotatable bonds is 0. The molecule has 1 atom stereocenters. The largest absolute Gasteiger partial charge is 0.361 e. The van der Waals surface area contributed by atoms with E-state index in [1.165, 1.54) is 12.0 Å². The van der Waals surface area contributed by atoms with Crippen LogP contribution in [-0.2, 0) is 12.8 Å². The monoisotopic (exact) mass is 201 g/mol. The Labute approximate surface area is 67.7 Å². The lowest BCUT2D eigenvalue weighted by molar-refractivity contribution is 0.374. The number of aryl methyl sites for hydroxylation is 1. The molecule has 0 saturated heterocycles. The van der Waals surface area contributed by atoms with Crippen LogP contribution in [0.1, 0.15) is 17.7 Å². The molecule has 2 nitrogen and oxygen atoms in total. The first-order valence-corrected chi connectivity index (χ1v) is 4.34. The van der Waals surface area contributed by atoms with E-state index >= 15 is 0 Å². The molecule has 1 aliphatic carbocycles. The van der Waals surface area contributed by atoms with Crippen LogP contribution < -0.4 is 0 Å². The second-order valence-corrected chi connectivity index (χ2v) is 3.91. The molecule has 0 aliphatic heterocycles. The Kier molecular flexibility index (Phi) is 1.52. The molecular formula is C7H8BrNO. The van der Waals surface area contributed by atoms with E-state index in [-0.39, 0.29) is 0 Å². The second kappa shape index (κ2) is 2.38. The van der Waals surface area contributed by atoms with Crippen molar-refractivity contribution in [2.45, 2.75) is 24.1 Å². The predicted octanol–water partition coefficient (Wildman–Crippen LogP) is 1.93. The summed E-state index contributed by atoms with van der Waals surface area (Å²) in [6.45, 7) is 0. The minimum absolute atomic E-state index is 0.624. The van der Waals surface area contributed by atoms with Crippen molar-refractivity contribution in [3.63, 3.8) is 0 Å². The molecule has 3 heteroatoms. The Balaban J connectivity index is 2.30. The first-order chi connectivity index (χ1) is 4.86. The molecule has 0 radical (unpaired) electrons. The van der Waals surface area contributed by atoms with Crippen LogP contribution in [0.3, 0.4) is 0 Å². The van der Waals surface area contributed by atoms with Gasteiger partial charge in [-0.1, -0.05) is 21.1 Å². The van der Waals surface area contributed by atoms with Gasteiger partial charge in [-0.25, -0.2) is 0 Å². The van der Waals surface area contributed by atoms with E-state index in [0.29, 0.717) is 4.83 Å². The Morgan fingerprint density at radius 3 is 3.50 bits per heavy atom. The molecule has 1 heterocycles. The standard InChI is InChI=1S/C7H8BrNO/c8-6-1-2-7-5(3-6)4-9-10-7/h4,6H,1-3H2/t6-/m0/s1. The fourth-order valence-corrected chi connectivity index (χ4v) is 1.86. The zero-order valence-corrected chi connectivity index (χ0v) is 7.10. The Bertz CT molecular complexity index is 233. The normalized spacial score (nSPS) is 24.3. The Morgan fingerprint density at radius 1 is 1.70 bits per heavy atom. The summed E-state index contributed by atoms with van der Waals surface area (Å²) in [6, 6.07) is 0. The fraction of sp³-hybridized carbons (Fsp3) is 0.571. The number of alkyl halides is 1. The Morgan fingerprint density at radius 2 is 2.60 bits per heavy atom. The summed E-state index contributed by atoms with van der Waals surface area (Å²) in [7, 11) is 0. The van der Waals surface area contributed by atoms with Gasteiger partial charge in [0, 0.05) is 16.8 Å². The first kappa shape index (κ1) is 6.40. The lowest BCUT2D eigenvalue weighted by Crippen LogP contribution is -2.10. The van der Waals surface area contributed by atoms with Gasteiger partial charge in [0.05, 0.1) is 6.20 Å². The highest BCUT2D eigenvalue weighted by atomic mass is 79.9. The third-order valence-corrected chi connectivity index (χ3v) is 2.64. The van der Waals surface area contributed by atoms with E-state index in [9.17, 15) is 0 Å². The molecule has 1 aromatic heterocycles. The van der Waals surface area contributed by atoms with Crippen molar-refractivity contribution in [3.8, 4) is 0 Å². The third kappa shape index (κ3) is 0.985. The fourth-order valence-electron chi connectivity index (χ4n) is 1.29. The van der Waals surface area contributed by atoms with Gasteiger partial charge in [0.25, 0.3) is 0 Å². The molecule has 1 aromatic rings. The molecule has 0 unspecified atom stereocenters. The molecular weight excluding hydrogens is 194 g/mol. The number of fused-ring (bicyclic) bond motifs is 1. The van der Waals surface area contributed by atoms with Crippen LogP contribution in [0.25, 0.3) is 0 Å². The number of hydrogen-bond acceptors (Lipinski definition) is 2. The zero-order valence-electron chi connectivity index (χ0n) is 5.51. The van der Waals surface area contributed by atoms with Gasteiger partial charge in [0.15, 0.2) is 0 Å². The second-order valence-electron chi connectivity index (χ2n) is 2.61. The van der Waals surface area contributed by atoms with Crippen LogP contribution in [0.4, 0.5) is 0 Å². The average molecular weight is 202 g/mol. The van der Waals surface area contributed by atoms with Gasteiger partial charge in [0.1, 0.15) is 5.76 Å². The van der Waals surface area contributed by atoms with E-state index in [1.807, 2.05) is 6.20 Å². The predicted molar refractivity (Wildman–Crippen MR) is 41.2 cm³/mol. The van der Waals surface area contributed by atoms with Gasteiger partial charge in [-0.3, -0.25) is 0 Å². The molecule has 0 saturated carbocycles. The summed E-state index contributed by atoms with van der Waals surface area (Å²) in [6.07, 6.45) is 5.09. The lowest BCUT2D eigenvalue weighted by Gasteiger charge is -2.13. The van der Waals surface area contributed by atoms with Gasteiger partial charge in [-0.05, 0) is 12.8 Å². The summed E-state index contributed by atoms with van der Waals surface area (Å²) in [4.78, 5) is 0.624. The van der Waals surface area contributed by atoms with Gasteiger partial charge in [-0.2, -0.15) is 0 Å². The summed E-state index contributed by atoms with van der Waals surface area (Å²) < 4.78 is 5.03. The smallest absolute Gasteiger partial charge is 0.139 e. The number of nitrogens with zero attached hydrogens (tertiary/aromatic N) is 1. The summed E-state index contributed by atoms with van der Waals surface area (Å²) in [5, 5.41) is 3.74. The number of halogens is 1. The SMILES string of the molecule is Br[C@H]1CCc2oncc2C1. The van der Waals surface area contributed by atoms with E-state index < -0.39 is 0 Å². The highest BCUT2D eigenvalue weighted by Crippen LogP contribution is 2.24. The van der Waals surface area contributed by atoms with E-state index in [0.717, 1.165) is 18.6 Å². The Hall–Kier alpha value is -0.310. The highest BCUT2D eigenvalue weighted by molar-refractivity contribution is 9.09. The molecule has 0 fully saturated rings. The van der Waals surface area contributed by atoms with Gasteiger partial charge >= 0.3 is 0 Å². The maximum atomic E-state index is 5.03. The van der Waals surface area contributed by atoms with Crippen molar-refractivity contribution in [1.29, 1.82) is 0 Å². The molecule has 0 bridgehead atoms. The summed E-state index contributed by atoms with van der Waals surface area (Å²) in [5.41, 5.74) is 1.27. The summed E-state index contributed by atoms with van der Waals surface area (Å²) >= 11 is 3.57. The number of aromatic nitrogens is 1. The maximum absolute atomic E-state index is 5.03. The van der Waals surface area contributed by atoms with Crippen molar-refractivity contribution in [3.05, 3.63) is 17.5 Å². The topological polar surface area (TPSA) is 26.0 Å². The molecule has 1 aliphatic rings. The minimum atomic E-state index is 0.624. The van der Waals surface area contributed by atoms with Crippen molar-refractivity contribution >= 4 is 15.9 Å². The average Bonchev–Trinajstić information content (AvgIpc) is 2.33. The van der Waals surface area contributed by atoms with Crippen molar-refractivity contribution in [2.75, 3.05) is 0 Å². The van der Waals surface area contributed by atoms with Crippen molar-refractivity contribution in [1.82, 2.24) is 5.16 Å². The van der Waals surface area contributed by atoms with Gasteiger partial charge in [0.2, 0.25) is 0 Å². The minimum Gasteiger partial charge on any atom is -0.361 e. The van der Waals surface area contributed by atoms with Crippen LogP contribution in [0, 0.1) is 0 Å².